The van der Waals surface area contributed by atoms with E-state index in [-0.39, 0.29) is 12.2 Å². The summed E-state index contributed by atoms with van der Waals surface area (Å²) in [5, 5.41) is 5.80. The van der Waals surface area contributed by atoms with Crippen LogP contribution in [0.3, 0.4) is 0 Å². The van der Waals surface area contributed by atoms with Crippen molar-refractivity contribution in [3.8, 4) is 0 Å². The van der Waals surface area contributed by atoms with Crippen LogP contribution in [0.1, 0.15) is 6.42 Å². The average molecular weight is 186 g/mol. The molecule has 0 spiro atoms. The zero-order valence-electron chi connectivity index (χ0n) is 7.41. The number of nitrogens with one attached hydrogen (secondary N) is 2. The Morgan fingerprint density at radius 2 is 2.46 bits per heavy atom. The van der Waals surface area contributed by atoms with Crippen molar-refractivity contribution >= 4 is 6.09 Å². The van der Waals surface area contributed by atoms with Gasteiger partial charge in [0.2, 0.25) is 0 Å². The van der Waals surface area contributed by atoms with Gasteiger partial charge in [-0.25, -0.2) is 4.79 Å². The highest BCUT2D eigenvalue weighted by atomic mass is 16.6. The topological polar surface area (TPSA) is 59.6 Å². The minimum absolute atomic E-state index is 0.104. The first-order chi connectivity index (χ1) is 6.34. The Balaban J connectivity index is 1.64. The van der Waals surface area contributed by atoms with Crippen molar-refractivity contribution in [2.45, 2.75) is 18.6 Å². The second-order valence-electron chi connectivity index (χ2n) is 3.36. The molecule has 0 saturated carbocycles. The number of ether oxygens (including phenoxy) is 2. The molecule has 2 fully saturated rings. The molecule has 2 aliphatic heterocycles. The largest absolute Gasteiger partial charge is 0.442 e. The molecule has 13 heavy (non-hydrogen) atoms. The summed E-state index contributed by atoms with van der Waals surface area (Å²) in [6, 6.07) is 0. The van der Waals surface area contributed by atoms with Crippen LogP contribution in [0.25, 0.3) is 0 Å². The van der Waals surface area contributed by atoms with E-state index in [4.69, 9.17) is 9.47 Å². The number of cyclic esters (lactones) is 1. The van der Waals surface area contributed by atoms with Crippen molar-refractivity contribution in [1.82, 2.24) is 10.6 Å². The van der Waals surface area contributed by atoms with Crippen molar-refractivity contribution < 1.29 is 14.3 Å². The van der Waals surface area contributed by atoms with Gasteiger partial charge in [-0.15, -0.1) is 0 Å². The molecule has 2 N–H and O–H groups in total. The van der Waals surface area contributed by atoms with Gasteiger partial charge in [-0.1, -0.05) is 0 Å². The molecular weight excluding hydrogens is 172 g/mol. The molecule has 2 heterocycles. The van der Waals surface area contributed by atoms with Crippen LogP contribution in [0.15, 0.2) is 0 Å². The number of hydrogen-bond acceptors (Lipinski definition) is 4. The van der Waals surface area contributed by atoms with Crippen molar-refractivity contribution in [1.29, 1.82) is 0 Å². The summed E-state index contributed by atoms with van der Waals surface area (Å²) in [5.41, 5.74) is 0. The lowest BCUT2D eigenvalue weighted by Gasteiger charge is -2.13. The standard InChI is InChI=1S/C8H14N2O3/c11-8-10-4-7(13-8)5-12-6-1-2-9-3-6/h6-7,9H,1-5H2,(H,10,11). The number of carbonyl (C=O) groups excluding carboxylic acids is 1. The van der Waals surface area contributed by atoms with E-state index >= 15 is 0 Å². The Morgan fingerprint density at radius 1 is 1.54 bits per heavy atom. The normalized spacial score (nSPS) is 33.1. The molecule has 0 aromatic heterocycles. The molecule has 1 amide bonds. The van der Waals surface area contributed by atoms with Gasteiger partial charge in [0.1, 0.15) is 6.10 Å². The molecule has 0 radical (unpaired) electrons. The predicted octanol–water partition coefficient (Wildman–Crippen LogP) is -0.527. The van der Waals surface area contributed by atoms with E-state index in [0.717, 1.165) is 19.5 Å². The molecule has 0 aliphatic carbocycles. The van der Waals surface area contributed by atoms with Crippen molar-refractivity contribution in [2.24, 2.45) is 0 Å². The molecule has 2 saturated heterocycles. The van der Waals surface area contributed by atoms with Gasteiger partial charge >= 0.3 is 6.09 Å². The summed E-state index contributed by atoms with van der Waals surface area (Å²) in [6.07, 6.45) is 0.902. The molecule has 2 atom stereocenters. The fourth-order valence-electron chi connectivity index (χ4n) is 1.54. The predicted molar refractivity (Wildman–Crippen MR) is 45.5 cm³/mol. The second-order valence-corrected chi connectivity index (χ2v) is 3.36. The van der Waals surface area contributed by atoms with E-state index in [2.05, 4.69) is 10.6 Å². The summed E-state index contributed by atoms with van der Waals surface area (Å²) in [4.78, 5) is 10.6. The lowest BCUT2D eigenvalue weighted by molar-refractivity contribution is 0.00852. The molecular formula is C8H14N2O3. The summed E-state index contributed by atoms with van der Waals surface area (Å²) in [6.45, 7) is 3.01. The van der Waals surface area contributed by atoms with Gasteiger partial charge in [0, 0.05) is 6.54 Å². The van der Waals surface area contributed by atoms with Gasteiger partial charge < -0.3 is 20.1 Å². The Labute approximate surface area is 76.8 Å². The van der Waals surface area contributed by atoms with E-state index in [1.54, 1.807) is 0 Å². The van der Waals surface area contributed by atoms with Crippen LogP contribution in [0.2, 0.25) is 0 Å². The number of alkyl carbamates (subject to hydrolysis) is 1. The van der Waals surface area contributed by atoms with E-state index in [0.29, 0.717) is 19.3 Å². The molecule has 2 aliphatic rings. The van der Waals surface area contributed by atoms with E-state index < -0.39 is 0 Å². The molecule has 0 bridgehead atoms. The molecule has 74 valence electrons. The smallest absolute Gasteiger partial charge is 0.407 e. The van der Waals surface area contributed by atoms with Crippen LogP contribution >= 0.6 is 0 Å². The van der Waals surface area contributed by atoms with E-state index in [1.165, 1.54) is 0 Å². The van der Waals surface area contributed by atoms with Gasteiger partial charge in [-0.05, 0) is 13.0 Å². The Bertz CT molecular complexity index is 192. The lowest BCUT2D eigenvalue weighted by atomic mass is 10.3. The highest BCUT2D eigenvalue weighted by Gasteiger charge is 2.24. The summed E-state index contributed by atoms with van der Waals surface area (Å²) in [7, 11) is 0. The maximum absolute atomic E-state index is 10.6. The first-order valence-electron chi connectivity index (χ1n) is 4.61. The van der Waals surface area contributed by atoms with Crippen LogP contribution < -0.4 is 10.6 Å². The monoisotopic (exact) mass is 186 g/mol. The highest BCUT2D eigenvalue weighted by Crippen LogP contribution is 2.06. The zero-order valence-corrected chi connectivity index (χ0v) is 7.41. The maximum Gasteiger partial charge on any atom is 0.407 e. The van der Waals surface area contributed by atoms with Crippen molar-refractivity contribution in [2.75, 3.05) is 26.2 Å². The Morgan fingerprint density at radius 3 is 3.08 bits per heavy atom. The Kier molecular flexibility index (Phi) is 2.65. The van der Waals surface area contributed by atoms with Gasteiger partial charge in [0.25, 0.3) is 0 Å². The minimum Gasteiger partial charge on any atom is -0.442 e. The van der Waals surface area contributed by atoms with Gasteiger partial charge in [0.05, 0.1) is 19.3 Å². The van der Waals surface area contributed by atoms with Gasteiger partial charge in [-0.3, -0.25) is 0 Å². The second kappa shape index (κ2) is 3.93. The van der Waals surface area contributed by atoms with E-state index in [9.17, 15) is 4.79 Å². The summed E-state index contributed by atoms with van der Waals surface area (Å²) in [5.74, 6) is 0. The van der Waals surface area contributed by atoms with Crippen LogP contribution in [0, 0.1) is 0 Å². The SMILES string of the molecule is O=C1NCC(COC2CCNC2)O1. The molecule has 2 unspecified atom stereocenters. The fraction of sp³-hybridized carbons (Fsp3) is 0.875. The van der Waals surface area contributed by atoms with Crippen LogP contribution in [0.4, 0.5) is 4.79 Å². The fourth-order valence-corrected chi connectivity index (χ4v) is 1.54. The first kappa shape index (κ1) is 8.77. The third-order valence-electron chi connectivity index (χ3n) is 2.28. The number of hydrogen-bond donors (Lipinski definition) is 2. The van der Waals surface area contributed by atoms with Crippen molar-refractivity contribution in [3.63, 3.8) is 0 Å². The number of amides is 1. The van der Waals surface area contributed by atoms with Crippen LogP contribution in [-0.2, 0) is 9.47 Å². The number of carbonyl (C=O) groups is 1. The van der Waals surface area contributed by atoms with Crippen LogP contribution in [0.5, 0.6) is 0 Å². The van der Waals surface area contributed by atoms with Gasteiger partial charge in [-0.2, -0.15) is 0 Å². The molecule has 5 nitrogen and oxygen atoms in total. The molecule has 5 heteroatoms. The quantitative estimate of drug-likeness (QED) is 0.622. The molecule has 0 aromatic carbocycles. The third kappa shape index (κ3) is 2.32. The number of rotatable bonds is 3. The molecule has 2 rings (SSSR count). The zero-order chi connectivity index (χ0) is 9.10. The average Bonchev–Trinajstić information content (AvgIpc) is 2.71. The van der Waals surface area contributed by atoms with Crippen LogP contribution in [-0.4, -0.2) is 44.5 Å². The third-order valence-corrected chi connectivity index (χ3v) is 2.28. The van der Waals surface area contributed by atoms with Gasteiger partial charge in [0.15, 0.2) is 0 Å². The van der Waals surface area contributed by atoms with Crippen molar-refractivity contribution in [3.05, 3.63) is 0 Å². The van der Waals surface area contributed by atoms with E-state index in [1.807, 2.05) is 0 Å². The lowest BCUT2D eigenvalue weighted by Crippen LogP contribution is -2.25. The summed E-state index contributed by atoms with van der Waals surface area (Å²) >= 11 is 0. The minimum atomic E-state index is -0.335. The Hall–Kier alpha value is -0.810. The maximum atomic E-state index is 10.6. The highest BCUT2D eigenvalue weighted by molar-refractivity contribution is 5.69. The first-order valence-corrected chi connectivity index (χ1v) is 4.61. The molecule has 0 aromatic rings. The summed E-state index contributed by atoms with van der Waals surface area (Å²) < 4.78 is 10.5.